The number of nitrogens with one attached hydrogen (secondary N) is 2. The summed E-state index contributed by atoms with van der Waals surface area (Å²) in [4.78, 5) is 65.7. The second kappa shape index (κ2) is 17.2. The highest BCUT2D eigenvalue weighted by molar-refractivity contribution is 5.93. The summed E-state index contributed by atoms with van der Waals surface area (Å²) in [6, 6.07) is 2.99. The lowest BCUT2D eigenvalue weighted by molar-refractivity contribution is -0.146. The van der Waals surface area contributed by atoms with Crippen LogP contribution in [-0.2, 0) is 28.7 Å². The summed E-state index contributed by atoms with van der Waals surface area (Å²) in [6.07, 6.45) is -0.108. The zero-order chi connectivity index (χ0) is 32.0. The van der Waals surface area contributed by atoms with E-state index in [1.807, 2.05) is 13.8 Å². The minimum Gasteiger partial charge on any atom is -0.508 e. The van der Waals surface area contributed by atoms with Gasteiger partial charge in [-0.2, -0.15) is 0 Å². The molecule has 3 atom stereocenters. The summed E-state index contributed by atoms with van der Waals surface area (Å²) in [5, 5.41) is 16.0. The van der Waals surface area contributed by atoms with E-state index in [1.165, 1.54) is 17.0 Å². The Morgan fingerprint density at radius 3 is 2.19 bits per heavy atom. The standard InChI is InChI=1S/C30H48N4O8/c1-8-41-25(37)17-18-32-27(38)26(21-11-9-10-12-23(21)35)34(20(4)14-13-19(2)3)28(39)22(15-16-24(31)36)33-29(40)42-30(5,6)7/h9-12,19-20,22,26,35H,8,13-18H2,1-7H3,(H2,31,36)(H,32,38)(H,33,40). The van der Waals surface area contributed by atoms with Gasteiger partial charge in [0.15, 0.2) is 0 Å². The molecule has 0 heterocycles. The van der Waals surface area contributed by atoms with E-state index in [-0.39, 0.29) is 49.6 Å². The van der Waals surface area contributed by atoms with Crippen LogP contribution in [-0.4, -0.2) is 70.6 Å². The van der Waals surface area contributed by atoms with Crippen molar-refractivity contribution in [2.24, 2.45) is 11.7 Å². The highest BCUT2D eigenvalue weighted by Crippen LogP contribution is 2.32. The fourth-order valence-electron chi connectivity index (χ4n) is 4.24. The molecule has 1 aromatic carbocycles. The van der Waals surface area contributed by atoms with Crippen LogP contribution in [0.15, 0.2) is 24.3 Å². The zero-order valence-electron chi connectivity index (χ0n) is 25.9. The van der Waals surface area contributed by atoms with Crippen LogP contribution >= 0.6 is 0 Å². The van der Waals surface area contributed by atoms with Crippen LogP contribution in [0.4, 0.5) is 4.79 Å². The van der Waals surface area contributed by atoms with Crippen molar-refractivity contribution in [3.63, 3.8) is 0 Å². The van der Waals surface area contributed by atoms with E-state index in [0.29, 0.717) is 12.8 Å². The lowest BCUT2D eigenvalue weighted by Gasteiger charge is -2.39. The predicted molar refractivity (Wildman–Crippen MR) is 157 cm³/mol. The van der Waals surface area contributed by atoms with Crippen molar-refractivity contribution < 1.29 is 38.6 Å². The van der Waals surface area contributed by atoms with Gasteiger partial charge in [0.05, 0.1) is 13.0 Å². The summed E-state index contributed by atoms with van der Waals surface area (Å²) in [6.45, 7) is 12.6. The fraction of sp³-hybridized carbons (Fsp3) is 0.633. The molecule has 0 aliphatic carbocycles. The number of nitrogens with two attached hydrogens (primary N) is 1. The lowest BCUT2D eigenvalue weighted by atomic mass is 9.96. The molecule has 0 saturated carbocycles. The van der Waals surface area contributed by atoms with E-state index in [1.54, 1.807) is 46.8 Å². The first kappa shape index (κ1) is 36.2. The first-order chi connectivity index (χ1) is 19.6. The Morgan fingerprint density at radius 1 is 1.00 bits per heavy atom. The molecule has 0 saturated heterocycles. The Labute approximate surface area is 248 Å². The number of hydrogen-bond acceptors (Lipinski definition) is 8. The van der Waals surface area contributed by atoms with Gasteiger partial charge in [0, 0.05) is 24.6 Å². The number of alkyl carbamates (subject to hydrolysis) is 1. The van der Waals surface area contributed by atoms with E-state index >= 15 is 0 Å². The highest BCUT2D eigenvalue weighted by atomic mass is 16.6. The topological polar surface area (TPSA) is 177 Å². The van der Waals surface area contributed by atoms with E-state index < -0.39 is 53.5 Å². The number of rotatable bonds is 16. The quantitative estimate of drug-likeness (QED) is 0.211. The number of phenols is 1. The summed E-state index contributed by atoms with van der Waals surface area (Å²) in [5.74, 6) is -2.40. The summed E-state index contributed by atoms with van der Waals surface area (Å²) in [7, 11) is 0. The summed E-state index contributed by atoms with van der Waals surface area (Å²) < 4.78 is 10.3. The van der Waals surface area contributed by atoms with Gasteiger partial charge in [0.2, 0.25) is 17.7 Å². The molecule has 5 N–H and O–H groups in total. The van der Waals surface area contributed by atoms with E-state index in [0.717, 1.165) is 0 Å². The molecule has 1 rings (SSSR count). The Morgan fingerprint density at radius 2 is 1.64 bits per heavy atom. The van der Waals surface area contributed by atoms with Crippen LogP contribution in [0.5, 0.6) is 5.75 Å². The van der Waals surface area contributed by atoms with Gasteiger partial charge in [-0.05, 0) is 65.9 Å². The number of hydrogen-bond donors (Lipinski definition) is 4. The molecular weight excluding hydrogens is 544 g/mol. The predicted octanol–water partition coefficient (Wildman–Crippen LogP) is 3.31. The first-order valence-electron chi connectivity index (χ1n) is 14.4. The van der Waals surface area contributed by atoms with Crippen LogP contribution in [0.25, 0.3) is 0 Å². The van der Waals surface area contributed by atoms with Crippen molar-refractivity contribution in [1.82, 2.24) is 15.5 Å². The molecule has 236 valence electrons. The van der Waals surface area contributed by atoms with E-state index in [4.69, 9.17) is 15.2 Å². The average molecular weight is 593 g/mol. The van der Waals surface area contributed by atoms with Crippen molar-refractivity contribution in [3.05, 3.63) is 29.8 Å². The van der Waals surface area contributed by atoms with Crippen LogP contribution in [0.3, 0.4) is 0 Å². The maximum Gasteiger partial charge on any atom is 0.408 e. The molecule has 1 aromatic rings. The number of ether oxygens (including phenoxy) is 2. The van der Waals surface area contributed by atoms with Gasteiger partial charge in [-0.1, -0.05) is 32.0 Å². The Balaban J connectivity index is 3.60. The van der Waals surface area contributed by atoms with Gasteiger partial charge >= 0.3 is 12.1 Å². The van der Waals surface area contributed by atoms with Gasteiger partial charge in [0.1, 0.15) is 23.4 Å². The molecule has 0 bridgehead atoms. The number of phenolic OH excluding ortho intramolecular Hbond substituents is 1. The monoisotopic (exact) mass is 592 g/mol. The summed E-state index contributed by atoms with van der Waals surface area (Å²) in [5.41, 5.74) is 4.66. The van der Waals surface area contributed by atoms with Gasteiger partial charge in [-0.15, -0.1) is 0 Å². The van der Waals surface area contributed by atoms with Crippen molar-refractivity contribution in [2.45, 2.75) is 104 Å². The minimum absolute atomic E-state index is 0.0641. The molecule has 0 spiro atoms. The maximum atomic E-state index is 14.3. The number of benzene rings is 1. The summed E-state index contributed by atoms with van der Waals surface area (Å²) >= 11 is 0. The number of carbonyl (C=O) groups is 5. The fourth-order valence-corrected chi connectivity index (χ4v) is 4.24. The molecule has 3 unspecified atom stereocenters. The van der Waals surface area contributed by atoms with Gasteiger partial charge in [-0.25, -0.2) is 4.79 Å². The molecule has 0 aliphatic rings. The first-order valence-corrected chi connectivity index (χ1v) is 14.4. The Hall–Kier alpha value is -3.83. The molecule has 0 radical (unpaired) electrons. The van der Waals surface area contributed by atoms with Crippen LogP contribution < -0.4 is 16.4 Å². The van der Waals surface area contributed by atoms with Crippen molar-refractivity contribution in [3.8, 4) is 5.75 Å². The van der Waals surface area contributed by atoms with Crippen LogP contribution in [0.2, 0.25) is 0 Å². The molecule has 0 aromatic heterocycles. The van der Waals surface area contributed by atoms with Crippen molar-refractivity contribution >= 4 is 29.8 Å². The van der Waals surface area contributed by atoms with E-state index in [2.05, 4.69) is 10.6 Å². The van der Waals surface area contributed by atoms with E-state index in [9.17, 15) is 29.1 Å². The number of nitrogens with zero attached hydrogens (tertiary/aromatic N) is 1. The lowest BCUT2D eigenvalue weighted by Crippen LogP contribution is -2.55. The maximum absolute atomic E-state index is 14.3. The average Bonchev–Trinajstić information content (AvgIpc) is 2.87. The number of carbonyl (C=O) groups excluding carboxylic acids is 5. The molecule has 0 aliphatic heterocycles. The molecule has 42 heavy (non-hydrogen) atoms. The molecular formula is C30H48N4O8. The second-order valence-corrected chi connectivity index (χ2v) is 11.6. The molecule has 12 nitrogen and oxygen atoms in total. The SMILES string of the molecule is CCOC(=O)CCNC(=O)C(c1ccccc1O)N(C(=O)C(CCC(N)=O)NC(=O)OC(C)(C)C)C(C)CCC(C)C. The molecule has 12 heteroatoms. The third-order valence-corrected chi connectivity index (χ3v) is 6.25. The number of primary amides is 1. The third-order valence-electron chi connectivity index (χ3n) is 6.25. The number of aromatic hydroxyl groups is 1. The largest absolute Gasteiger partial charge is 0.508 e. The Kier molecular flexibility index (Phi) is 14.8. The van der Waals surface area contributed by atoms with Gasteiger partial charge < -0.3 is 35.8 Å². The van der Waals surface area contributed by atoms with Crippen molar-refractivity contribution in [1.29, 1.82) is 0 Å². The third kappa shape index (κ3) is 12.8. The zero-order valence-corrected chi connectivity index (χ0v) is 25.9. The smallest absolute Gasteiger partial charge is 0.408 e. The Bertz CT molecular complexity index is 1070. The van der Waals surface area contributed by atoms with Gasteiger partial charge in [-0.3, -0.25) is 19.2 Å². The second-order valence-electron chi connectivity index (χ2n) is 11.6. The minimum atomic E-state index is -1.33. The van der Waals surface area contributed by atoms with Crippen LogP contribution in [0.1, 0.15) is 92.2 Å². The van der Waals surface area contributed by atoms with Crippen molar-refractivity contribution in [2.75, 3.05) is 13.2 Å². The molecule has 4 amide bonds. The number of amides is 4. The number of para-hydroxylation sites is 1. The normalized spacial score (nSPS) is 13.4. The highest BCUT2D eigenvalue weighted by Gasteiger charge is 2.40. The molecule has 0 fully saturated rings. The van der Waals surface area contributed by atoms with Crippen LogP contribution in [0, 0.1) is 5.92 Å². The van der Waals surface area contributed by atoms with Gasteiger partial charge in [0.25, 0.3) is 0 Å². The number of esters is 1.